The van der Waals surface area contributed by atoms with Crippen LogP contribution in [0.1, 0.15) is 18.4 Å². The van der Waals surface area contributed by atoms with E-state index in [4.69, 9.17) is 0 Å². The minimum absolute atomic E-state index is 0.0738. The quantitative estimate of drug-likeness (QED) is 0.829. The van der Waals surface area contributed by atoms with E-state index in [0.29, 0.717) is 32.6 Å². The van der Waals surface area contributed by atoms with Crippen LogP contribution in [0.5, 0.6) is 0 Å². The number of piperazine rings is 1. The first-order valence-corrected chi connectivity index (χ1v) is 8.88. The fraction of sp³-hybridized carbons (Fsp3) is 0.533. The van der Waals surface area contributed by atoms with Crippen molar-refractivity contribution in [3.63, 3.8) is 0 Å². The van der Waals surface area contributed by atoms with Crippen molar-refractivity contribution in [2.24, 2.45) is 0 Å². The first-order valence-electron chi connectivity index (χ1n) is 7.38. The minimum atomic E-state index is -3.10. The van der Waals surface area contributed by atoms with Crippen LogP contribution in [-0.2, 0) is 21.2 Å². The number of amides is 1. The second-order valence-electron chi connectivity index (χ2n) is 5.69. The number of benzene rings is 1. The summed E-state index contributed by atoms with van der Waals surface area (Å²) in [6.07, 6.45) is 1.96. The summed E-state index contributed by atoms with van der Waals surface area (Å²) in [5.74, 6) is 0.0738. The molecule has 5 nitrogen and oxygen atoms in total. The van der Waals surface area contributed by atoms with Crippen LogP contribution in [0, 0.1) is 0 Å². The van der Waals surface area contributed by atoms with Gasteiger partial charge in [-0.25, -0.2) is 8.42 Å². The molecule has 1 aliphatic heterocycles. The van der Waals surface area contributed by atoms with Crippen molar-refractivity contribution < 1.29 is 13.2 Å². The topological polar surface area (TPSA) is 57.7 Å². The van der Waals surface area contributed by atoms with Crippen LogP contribution in [-0.4, -0.2) is 55.0 Å². The number of rotatable bonds is 4. The Bertz CT molecular complexity index is 603. The molecule has 1 saturated carbocycles. The van der Waals surface area contributed by atoms with E-state index < -0.39 is 10.0 Å². The smallest absolute Gasteiger partial charge is 0.227 e. The summed E-state index contributed by atoms with van der Waals surface area (Å²) >= 11 is 0. The molecule has 0 N–H and O–H groups in total. The maximum Gasteiger partial charge on any atom is 0.227 e. The summed E-state index contributed by atoms with van der Waals surface area (Å²) in [7, 11) is -3.10. The van der Waals surface area contributed by atoms with Gasteiger partial charge in [-0.05, 0) is 18.4 Å². The molecule has 21 heavy (non-hydrogen) atoms. The molecule has 1 aliphatic carbocycles. The Morgan fingerprint density at radius 2 is 1.67 bits per heavy atom. The number of carbonyl (C=O) groups excluding carboxylic acids is 1. The Morgan fingerprint density at radius 1 is 1.05 bits per heavy atom. The third-order valence-corrected chi connectivity index (χ3v) is 6.49. The second kappa shape index (κ2) is 5.77. The number of nitrogens with zero attached hydrogens (tertiary/aromatic N) is 2. The van der Waals surface area contributed by atoms with Crippen molar-refractivity contribution in [3.8, 4) is 0 Å². The lowest BCUT2D eigenvalue weighted by atomic mass is 10.1. The molecule has 0 bridgehead atoms. The highest BCUT2D eigenvalue weighted by Crippen LogP contribution is 2.31. The Balaban J connectivity index is 1.54. The van der Waals surface area contributed by atoms with Crippen LogP contribution >= 0.6 is 0 Å². The third-order valence-electron chi connectivity index (χ3n) is 4.10. The summed E-state index contributed by atoms with van der Waals surface area (Å²) < 4.78 is 25.8. The third kappa shape index (κ3) is 3.27. The number of carbonyl (C=O) groups is 1. The highest BCUT2D eigenvalue weighted by Gasteiger charge is 2.41. The minimum Gasteiger partial charge on any atom is -0.340 e. The largest absolute Gasteiger partial charge is 0.340 e. The van der Waals surface area contributed by atoms with Crippen LogP contribution in [0.25, 0.3) is 0 Å². The van der Waals surface area contributed by atoms with Crippen LogP contribution in [0.15, 0.2) is 30.3 Å². The lowest BCUT2D eigenvalue weighted by molar-refractivity contribution is -0.131. The standard InChI is InChI=1S/C15H20N2O3S/c18-15(12-13-4-2-1-3-5-13)16-8-10-17(11-9-16)21(19,20)14-6-7-14/h1-5,14H,6-12H2. The van der Waals surface area contributed by atoms with E-state index in [1.54, 1.807) is 9.21 Å². The molecule has 114 valence electrons. The lowest BCUT2D eigenvalue weighted by Gasteiger charge is -2.34. The van der Waals surface area contributed by atoms with E-state index in [9.17, 15) is 13.2 Å². The Hall–Kier alpha value is -1.40. The average molecular weight is 308 g/mol. The van der Waals surface area contributed by atoms with Crippen molar-refractivity contribution in [2.45, 2.75) is 24.5 Å². The molecule has 0 atom stereocenters. The predicted octanol–water partition coefficient (Wildman–Crippen LogP) is 0.865. The molecule has 1 aromatic rings. The monoisotopic (exact) mass is 308 g/mol. The van der Waals surface area contributed by atoms with Gasteiger partial charge in [-0.3, -0.25) is 4.79 Å². The van der Waals surface area contributed by atoms with E-state index in [1.165, 1.54) is 0 Å². The zero-order chi connectivity index (χ0) is 14.9. The predicted molar refractivity (Wildman–Crippen MR) is 80.2 cm³/mol. The molecule has 2 fully saturated rings. The number of sulfonamides is 1. The van der Waals surface area contributed by atoms with Gasteiger partial charge in [-0.15, -0.1) is 0 Å². The molecule has 1 amide bonds. The highest BCUT2D eigenvalue weighted by atomic mass is 32.2. The van der Waals surface area contributed by atoms with Crippen molar-refractivity contribution in [1.82, 2.24) is 9.21 Å². The van der Waals surface area contributed by atoms with Crippen molar-refractivity contribution in [1.29, 1.82) is 0 Å². The van der Waals surface area contributed by atoms with Gasteiger partial charge in [0.05, 0.1) is 11.7 Å². The van der Waals surface area contributed by atoms with E-state index in [2.05, 4.69) is 0 Å². The SMILES string of the molecule is O=C(Cc1ccccc1)N1CCN(S(=O)(=O)C2CC2)CC1. The van der Waals surface area contributed by atoms with Crippen LogP contribution < -0.4 is 0 Å². The van der Waals surface area contributed by atoms with Crippen LogP contribution in [0.3, 0.4) is 0 Å². The van der Waals surface area contributed by atoms with Gasteiger partial charge in [-0.1, -0.05) is 30.3 Å². The van der Waals surface area contributed by atoms with Gasteiger partial charge in [0, 0.05) is 26.2 Å². The van der Waals surface area contributed by atoms with Crippen LogP contribution in [0.4, 0.5) is 0 Å². The molecule has 3 rings (SSSR count). The molecule has 0 spiro atoms. The van der Waals surface area contributed by atoms with Gasteiger partial charge in [0.2, 0.25) is 15.9 Å². The average Bonchev–Trinajstić information content (AvgIpc) is 3.33. The first-order chi connectivity index (χ1) is 10.1. The number of hydrogen-bond acceptors (Lipinski definition) is 3. The molecular formula is C15H20N2O3S. The normalized spacial score (nSPS) is 20.5. The molecule has 0 radical (unpaired) electrons. The fourth-order valence-electron chi connectivity index (χ4n) is 2.65. The summed E-state index contributed by atoms with van der Waals surface area (Å²) in [5, 5.41) is -0.163. The van der Waals surface area contributed by atoms with E-state index in [1.807, 2.05) is 30.3 Å². The Kier molecular flexibility index (Phi) is 3.99. The van der Waals surface area contributed by atoms with Gasteiger partial charge >= 0.3 is 0 Å². The summed E-state index contributed by atoms with van der Waals surface area (Å²) in [4.78, 5) is 14.0. The summed E-state index contributed by atoms with van der Waals surface area (Å²) in [5.41, 5.74) is 0.996. The second-order valence-corrected chi connectivity index (χ2v) is 7.90. The molecule has 1 heterocycles. The maximum atomic E-state index is 12.2. The van der Waals surface area contributed by atoms with Crippen molar-refractivity contribution >= 4 is 15.9 Å². The number of hydrogen-bond donors (Lipinski definition) is 0. The molecule has 1 saturated heterocycles. The Labute approximate surface area is 125 Å². The molecule has 0 aromatic heterocycles. The van der Waals surface area contributed by atoms with Gasteiger partial charge in [0.15, 0.2) is 0 Å². The van der Waals surface area contributed by atoms with Gasteiger partial charge in [0.25, 0.3) is 0 Å². The Morgan fingerprint density at radius 3 is 2.24 bits per heavy atom. The highest BCUT2D eigenvalue weighted by molar-refractivity contribution is 7.90. The molecule has 0 unspecified atom stereocenters. The first kappa shape index (κ1) is 14.5. The molecule has 1 aromatic carbocycles. The van der Waals surface area contributed by atoms with Crippen molar-refractivity contribution in [2.75, 3.05) is 26.2 Å². The fourth-order valence-corrected chi connectivity index (χ4v) is 4.48. The van der Waals surface area contributed by atoms with Gasteiger partial charge < -0.3 is 4.90 Å². The molecule has 6 heteroatoms. The van der Waals surface area contributed by atoms with Crippen molar-refractivity contribution in [3.05, 3.63) is 35.9 Å². The van der Waals surface area contributed by atoms with Crippen LogP contribution in [0.2, 0.25) is 0 Å². The van der Waals surface area contributed by atoms with Gasteiger partial charge in [-0.2, -0.15) is 4.31 Å². The molecular weight excluding hydrogens is 288 g/mol. The summed E-state index contributed by atoms with van der Waals surface area (Å²) in [6, 6.07) is 9.64. The zero-order valence-corrected chi connectivity index (χ0v) is 12.8. The van der Waals surface area contributed by atoms with E-state index >= 15 is 0 Å². The maximum absolute atomic E-state index is 12.2. The van der Waals surface area contributed by atoms with E-state index in [-0.39, 0.29) is 11.2 Å². The summed E-state index contributed by atoms with van der Waals surface area (Å²) in [6.45, 7) is 1.86. The molecule has 2 aliphatic rings. The van der Waals surface area contributed by atoms with Gasteiger partial charge in [0.1, 0.15) is 0 Å². The van der Waals surface area contributed by atoms with E-state index in [0.717, 1.165) is 18.4 Å². The lowest BCUT2D eigenvalue weighted by Crippen LogP contribution is -2.51. The zero-order valence-electron chi connectivity index (χ0n) is 11.9.